The van der Waals surface area contributed by atoms with Gasteiger partial charge in [0.25, 0.3) is 10.0 Å². The highest BCUT2D eigenvalue weighted by Gasteiger charge is 2.23. The van der Waals surface area contributed by atoms with Crippen LogP contribution < -0.4 is 4.72 Å². The number of carboxylic acid groups (broad SMARTS) is 1. The summed E-state index contributed by atoms with van der Waals surface area (Å²) in [4.78, 5) is 13.9. The van der Waals surface area contributed by atoms with Crippen molar-refractivity contribution in [1.82, 2.24) is 4.98 Å². The molecule has 0 aliphatic heterocycles. The lowest BCUT2D eigenvalue weighted by atomic mass is 10.2. The quantitative estimate of drug-likeness (QED) is 0.682. The molecule has 0 aliphatic carbocycles. The van der Waals surface area contributed by atoms with Crippen LogP contribution in [0.3, 0.4) is 0 Å². The topological polar surface area (TPSA) is 99.3 Å². The third-order valence-electron chi connectivity index (χ3n) is 2.72. The van der Waals surface area contributed by atoms with E-state index in [9.17, 15) is 13.2 Å². The van der Waals surface area contributed by atoms with Crippen molar-refractivity contribution >= 4 is 53.5 Å². The molecule has 21 heavy (non-hydrogen) atoms. The van der Waals surface area contributed by atoms with Gasteiger partial charge in [0.2, 0.25) is 0 Å². The second-order valence-corrected chi connectivity index (χ2v) is 7.61. The monoisotopic (exact) mass is 436 g/mol. The highest BCUT2D eigenvalue weighted by atomic mass is 79.9. The lowest BCUT2D eigenvalue weighted by Gasteiger charge is -2.09. The van der Waals surface area contributed by atoms with Gasteiger partial charge in [0, 0.05) is 20.8 Å². The summed E-state index contributed by atoms with van der Waals surface area (Å²) in [7, 11) is -3.90. The predicted octanol–water partition coefficient (Wildman–Crippen LogP) is 3.35. The number of hydrogen-bond acceptors (Lipinski definition) is 3. The first-order valence-corrected chi connectivity index (χ1v) is 8.68. The second kappa shape index (κ2) is 5.82. The maximum Gasteiger partial charge on any atom is 0.339 e. The van der Waals surface area contributed by atoms with Crippen LogP contribution in [0.15, 0.2) is 38.2 Å². The fourth-order valence-corrected chi connectivity index (χ4v) is 4.59. The first kappa shape index (κ1) is 16.1. The van der Waals surface area contributed by atoms with E-state index in [-0.39, 0.29) is 16.1 Å². The van der Waals surface area contributed by atoms with E-state index < -0.39 is 16.0 Å². The number of benzene rings is 1. The summed E-state index contributed by atoms with van der Waals surface area (Å²) in [6, 6.07) is 4.59. The Kier molecular flexibility index (Phi) is 4.45. The summed E-state index contributed by atoms with van der Waals surface area (Å²) in [5.74, 6) is -1.21. The summed E-state index contributed by atoms with van der Waals surface area (Å²) in [6.45, 7) is 1.55. The van der Waals surface area contributed by atoms with Crippen molar-refractivity contribution in [2.45, 2.75) is 11.8 Å². The summed E-state index contributed by atoms with van der Waals surface area (Å²) in [6.07, 6.45) is 1.31. The number of H-pyrrole nitrogens is 1. The number of rotatable bonds is 4. The molecule has 0 saturated heterocycles. The molecule has 0 amide bonds. The van der Waals surface area contributed by atoms with Gasteiger partial charge >= 0.3 is 5.97 Å². The Labute approximate surface area is 137 Å². The van der Waals surface area contributed by atoms with Crippen molar-refractivity contribution < 1.29 is 18.3 Å². The SMILES string of the molecule is Cc1[nH]cc(NS(=O)(=O)c2ccc(Br)cc2Br)c1C(=O)O. The Morgan fingerprint density at radius 3 is 2.57 bits per heavy atom. The number of nitrogens with one attached hydrogen (secondary N) is 2. The van der Waals surface area contributed by atoms with Crippen LogP contribution in [-0.4, -0.2) is 24.5 Å². The molecule has 1 aromatic heterocycles. The van der Waals surface area contributed by atoms with E-state index in [1.54, 1.807) is 19.1 Å². The molecule has 1 heterocycles. The highest BCUT2D eigenvalue weighted by molar-refractivity contribution is 9.11. The van der Waals surface area contributed by atoms with Gasteiger partial charge in [-0.2, -0.15) is 0 Å². The number of aromatic amines is 1. The van der Waals surface area contributed by atoms with Gasteiger partial charge in [-0.05, 0) is 41.1 Å². The van der Waals surface area contributed by atoms with Gasteiger partial charge < -0.3 is 10.1 Å². The van der Waals surface area contributed by atoms with E-state index in [0.29, 0.717) is 10.2 Å². The molecule has 2 aromatic rings. The number of sulfonamides is 1. The van der Waals surface area contributed by atoms with Gasteiger partial charge in [0.1, 0.15) is 10.5 Å². The van der Waals surface area contributed by atoms with Crippen molar-refractivity contribution in [3.8, 4) is 0 Å². The van der Waals surface area contributed by atoms with Crippen LogP contribution in [0.2, 0.25) is 0 Å². The van der Waals surface area contributed by atoms with Crippen LogP contribution in [0, 0.1) is 6.92 Å². The summed E-state index contributed by atoms with van der Waals surface area (Å²) >= 11 is 6.41. The van der Waals surface area contributed by atoms with Crippen LogP contribution in [0.4, 0.5) is 5.69 Å². The Bertz CT molecular complexity index is 815. The van der Waals surface area contributed by atoms with Gasteiger partial charge in [0.15, 0.2) is 0 Å². The molecule has 3 N–H and O–H groups in total. The van der Waals surface area contributed by atoms with Crippen LogP contribution in [0.5, 0.6) is 0 Å². The molecule has 0 saturated carbocycles. The molecule has 0 atom stereocenters. The lowest BCUT2D eigenvalue weighted by Crippen LogP contribution is -2.15. The number of hydrogen-bond donors (Lipinski definition) is 3. The van der Waals surface area contributed by atoms with Crippen molar-refractivity contribution in [1.29, 1.82) is 0 Å². The van der Waals surface area contributed by atoms with E-state index in [1.165, 1.54) is 12.3 Å². The number of halogens is 2. The summed E-state index contributed by atoms with van der Waals surface area (Å²) < 4.78 is 28.1. The number of aryl methyl sites for hydroxylation is 1. The molecular weight excluding hydrogens is 428 g/mol. The Hall–Kier alpha value is -1.32. The van der Waals surface area contributed by atoms with E-state index in [0.717, 1.165) is 4.47 Å². The summed E-state index contributed by atoms with van der Waals surface area (Å²) in [5.41, 5.74) is 0.261. The van der Waals surface area contributed by atoms with E-state index >= 15 is 0 Å². The molecule has 0 aliphatic rings. The maximum absolute atomic E-state index is 12.4. The van der Waals surface area contributed by atoms with E-state index in [4.69, 9.17) is 5.11 Å². The van der Waals surface area contributed by atoms with Gasteiger partial charge in [-0.1, -0.05) is 15.9 Å². The van der Waals surface area contributed by atoms with Gasteiger partial charge in [-0.15, -0.1) is 0 Å². The number of aromatic nitrogens is 1. The standard InChI is InChI=1S/C12H10Br2N2O4S/c1-6-11(12(17)18)9(5-15-6)16-21(19,20)10-3-2-7(13)4-8(10)14/h2-5,15-16H,1H3,(H,17,18). The average molecular weight is 438 g/mol. The number of carboxylic acids is 1. The first-order chi connectivity index (χ1) is 9.72. The fourth-order valence-electron chi connectivity index (χ4n) is 1.78. The third-order valence-corrected chi connectivity index (χ3v) is 5.55. The predicted molar refractivity (Wildman–Crippen MR) is 85.1 cm³/mol. The second-order valence-electron chi connectivity index (χ2n) is 4.19. The van der Waals surface area contributed by atoms with Crippen molar-refractivity contribution in [2.75, 3.05) is 4.72 Å². The Balaban J connectivity index is 2.45. The van der Waals surface area contributed by atoms with Crippen molar-refractivity contribution in [3.05, 3.63) is 44.6 Å². The summed E-state index contributed by atoms with van der Waals surface area (Å²) in [5, 5.41) is 9.12. The Morgan fingerprint density at radius 1 is 1.33 bits per heavy atom. The molecule has 9 heteroatoms. The molecule has 0 fully saturated rings. The van der Waals surface area contributed by atoms with Crippen LogP contribution in [-0.2, 0) is 10.0 Å². The van der Waals surface area contributed by atoms with Gasteiger partial charge in [-0.3, -0.25) is 4.72 Å². The van der Waals surface area contributed by atoms with Crippen LogP contribution >= 0.6 is 31.9 Å². The lowest BCUT2D eigenvalue weighted by molar-refractivity contribution is 0.0697. The molecule has 1 aromatic carbocycles. The molecule has 2 rings (SSSR count). The average Bonchev–Trinajstić information content (AvgIpc) is 2.68. The smallest absolute Gasteiger partial charge is 0.339 e. The minimum Gasteiger partial charge on any atom is -0.478 e. The molecule has 0 radical (unpaired) electrons. The molecule has 0 unspecified atom stereocenters. The molecule has 0 bridgehead atoms. The van der Waals surface area contributed by atoms with Crippen molar-refractivity contribution in [3.63, 3.8) is 0 Å². The Morgan fingerprint density at radius 2 is 2.00 bits per heavy atom. The number of aromatic carboxylic acids is 1. The van der Waals surface area contributed by atoms with Gasteiger partial charge in [0.05, 0.1) is 5.69 Å². The fraction of sp³-hybridized carbons (Fsp3) is 0.0833. The number of anilines is 1. The minimum absolute atomic E-state index is 0.00480. The minimum atomic E-state index is -3.90. The molecule has 6 nitrogen and oxygen atoms in total. The molecular formula is C12H10Br2N2O4S. The number of carbonyl (C=O) groups is 1. The largest absolute Gasteiger partial charge is 0.478 e. The first-order valence-electron chi connectivity index (χ1n) is 5.61. The third kappa shape index (κ3) is 3.30. The van der Waals surface area contributed by atoms with Crippen LogP contribution in [0.1, 0.15) is 16.1 Å². The van der Waals surface area contributed by atoms with Crippen molar-refractivity contribution in [2.24, 2.45) is 0 Å². The maximum atomic E-state index is 12.4. The van der Waals surface area contributed by atoms with Crippen LogP contribution in [0.25, 0.3) is 0 Å². The van der Waals surface area contributed by atoms with E-state index in [2.05, 4.69) is 41.6 Å². The van der Waals surface area contributed by atoms with E-state index in [1.807, 2.05) is 0 Å². The normalized spacial score (nSPS) is 11.4. The molecule has 0 spiro atoms. The zero-order chi connectivity index (χ0) is 15.8. The highest BCUT2D eigenvalue weighted by Crippen LogP contribution is 2.28. The molecule has 112 valence electrons. The zero-order valence-electron chi connectivity index (χ0n) is 10.6. The zero-order valence-corrected chi connectivity index (χ0v) is 14.6. The van der Waals surface area contributed by atoms with Gasteiger partial charge in [-0.25, -0.2) is 13.2 Å².